The lowest BCUT2D eigenvalue weighted by Gasteiger charge is -2.50. The molecule has 3 rings (SSSR count). The minimum atomic E-state index is -0.298. The van der Waals surface area contributed by atoms with Crippen LogP contribution in [-0.2, 0) is 0 Å². The van der Waals surface area contributed by atoms with Gasteiger partial charge in [-0.25, -0.2) is 0 Å². The SMILES string of the molecule is CCC1CCCC(N2CCC3(O)CCCCC3C2)C1. The van der Waals surface area contributed by atoms with Gasteiger partial charge in [-0.3, -0.25) is 4.90 Å². The van der Waals surface area contributed by atoms with Crippen molar-refractivity contribution >= 4 is 0 Å². The molecule has 1 N–H and O–H groups in total. The molecule has 0 radical (unpaired) electrons. The average molecular weight is 265 g/mol. The van der Waals surface area contributed by atoms with E-state index in [0.717, 1.165) is 31.3 Å². The summed E-state index contributed by atoms with van der Waals surface area (Å²) in [7, 11) is 0. The molecule has 0 amide bonds. The Morgan fingerprint density at radius 2 is 2.00 bits per heavy atom. The molecule has 4 unspecified atom stereocenters. The number of hydrogen-bond acceptors (Lipinski definition) is 2. The third-order valence-electron chi connectivity index (χ3n) is 6.31. The molecule has 4 atom stereocenters. The number of aliphatic hydroxyl groups is 1. The van der Waals surface area contributed by atoms with E-state index in [1.54, 1.807) is 0 Å². The van der Waals surface area contributed by atoms with Crippen molar-refractivity contribution in [3.63, 3.8) is 0 Å². The Bertz CT molecular complexity index is 306. The van der Waals surface area contributed by atoms with Crippen LogP contribution in [0.3, 0.4) is 0 Å². The first-order valence-corrected chi connectivity index (χ1v) is 8.67. The molecular formula is C17H31NO. The van der Waals surface area contributed by atoms with Gasteiger partial charge >= 0.3 is 0 Å². The molecule has 0 spiro atoms. The van der Waals surface area contributed by atoms with E-state index in [1.807, 2.05) is 0 Å². The summed E-state index contributed by atoms with van der Waals surface area (Å²) in [6.45, 7) is 4.68. The van der Waals surface area contributed by atoms with Crippen molar-refractivity contribution in [3.05, 3.63) is 0 Å². The zero-order chi connectivity index (χ0) is 13.3. The van der Waals surface area contributed by atoms with Gasteiger partial charge in [-0.1, -0.05) is 39.0 Å². The average Bonchev–Trinajstić information content (AvgIpc) is 2.46. The van der Waals surface area contributed by atoms with Crippen LogP contribution in [0.25, 0.3) is 0 Å². The first-order chi connectivity index (χ1) is 9.21. The van der Waals surface area contributed by atoms with Crippen LogP contribution in [0.5, 0.6) is 0 Å². The van der Waals surface area contributed by atoms with Gasteiger partial charge in [0, 0.05) is 25.0 Å². The molecule has 0 bridgehead atoms. The molecule has 0 aromatic heterocycles. The largest absolute Gasteiger partial charge is 0.390 e. The summed E-state index contributed by atoms with van der Waals surface area (Å²) < 4.78 is 0. The minimum absolute atomic E-state index is 0.298. The van der Waals surface area contributed by atoms with E-state index in [9.17, 15) is 5.11 Å². The summed E-state index contributed by atoms with van der Waals surface area (Å²) in [5.41, 5.74) is -0.298. The van der Waals surface area contributed by atoms with Crippen LogP contribution < -0.4 is 0 Å². The highest BCUT2D eigenvalue weighted by atomic mass is 16.3. The second kappa shape index (κ2) is 5.73. The Labute approximate surface area is 118 Å². The summed E-state index contributed by atoms with van der Waals surface area (Å²) in [6, 6.07) is 0.824. The number of rotatable bonds is 2. The summed E-state index contributed by atoms with van der Waals surface area (Å²) in [5, 5.41) is 10.8. The first kappa shape index (κ1) is 13.9. The van der Waals surface area contributed by atoms with Gasteiger partial charge in [0.1, 0.15) is 0 Å². The van der Waals surface area contributed by atoms with Gasteiger partial charge in [0.15, 0.2) is 0 Å². The highest BCUT2D eigenvalue weighted by Gasteiger charge is 2.44. The first-order valence-electron chi connectivity index (χ1n) is 8.67. The number of hydrogen-bond donors (Lipinski definition) is 1. The lowest BCUT2D eigenvalue weighted by Crippen LogP contribution is -2.56. The fourth-order valence-corrected chi connectivity index (χ4v) is 4.89. The molecular weight excluding hydrogens is 234 g/mol. The molecule has 0 aromatic carbocycles. The molecule has 3 fully saturated rings. The van der Waals surface area contributed by atoms with E-state index in [1.165, 1.54) is 57.9 Å². The summed E-state index contributed by atoms with van der Waals surface area (Å²) >= 11 is 0. The molecule has 3 aliphatic rings. The number of fused-ring (bicyclic) bond motifs is 1. The summed E-state index contributed by atoms with van der Waals surface area (Å²) in [6.07, 6.45) is 13.0. The molecule has 2 heteroatoms. The molecule has 19 heavy (non-hydrogen) atoms. The molecule has 2 aliphatic carbocycles. The van der Waals surface area contributed by atoms with Crippen molar-refractivity contribution in [1.29, 1.82) is 0 Å². The second-order valence-electron chi connectivity index (χ2n) is 7.39. The predicted molar refractivity (Wildman–Crippen MR) is 79.1 cm³/mol. The van der Waals surface area contributed by atoms with E-state index in [0.29, 0.717) is 5.92 Å². The van der Waals surface area contributed by atoms with Crippen LogP contribution >= 0.6 is 0 Å². The highest BCUT2D eigenvalue weighted by molar-refractivity contribution is 4.97. The van der Waals surface area contributed by atoms with Crippen LogP contribution in [0.2, 0.25) is 0 Å². The van der Waals surface area contributed by atoms with Gasteiger partial charge in [0.2, 0.25) is 0 Å². The summed E-state index contributed by atoms with van der Waals surface area (Å²) in [4.78, 5) is 2.74. The van der Waals surface area contributed by atoms with E-state index < -0.39 is 0 Å². The maximum atomic E-state index is 10.8. The van der Waals surface area contributed by atoms with Crippen LogP contribution in [0.15, 0.2) is 0 Å². The van der Waals surface area contributed by atoms with Crippen LogP contribution in [-0.4, -0.2) is 34.7 Å². The Kier molecular flexibility index (Phi) is 4.19. The Morgan fingerprint density at radius 1 is 1.11 bits per heavy atom. The van der Waals surface area contributed by atoms with Crippen molar-refractivity contribution in [1.82, 2.24) is 4.90 Å². The highest BCUT2D eigenvalue weighted by Crippen LogP contribution is 2.41. The van der Waals surface area contributed by atoms with Gasteiger partial charge in [-0.2, -0.15) is 0 Å². The van der Waals surface area contributed by atoms with Gasteiger partial charge in [-0.05, 0) is 38.0 Å². The van der Waals surface area contributed by atoms with E-state index >= 15 is 0 Å². The minimum Gasteiger partial charge on any atom is -0.390 e. The second-order valence-corrected chi connectivity index (χ2v) is 7.39. The fraction of sp³-hybridized carbons (Fsp3) is 1.00. The van der Waals surface area contributed by atoms with Gasteiger partial charge in [0.05, 0.1) is 5.60 Å². The Morgan fingerprint density at radius 3 is 2.84 bits per heavy atom. The third kappa shape index (κ3) is 2.85. The topological polar surface area (TPSA) is 23.5 Å². The Balaban J connectivity index is 1.61. The van der Waals surface area contributed by atoms with Crippen LogP contribution in [0.4, 0.5) is 0 Å². The number of likely N-dealkylation sites (tertiary alicyclic amines) is 1. The van der Waals surface area contributed by atoms with Crippen molar-refractivity contribution in [2.24, 2.45) is 11.8 Å². The van der Waals surface area contributed by atoms with Crippen LogP contribution in [0, 0.1) is 11.8 Å². The van der Waals surface area contributed by atoms with Gasteiger partial charge < -0.3 is 5.11 Å². The maximum Gasteiger partial charge on any atom is 0.0700 e. The lowest BCUT2D eigenvalue weighted by atomic mass is 9.70. The molecule has 2 saturated carbocycles. The lowest BCUT2D eigenvalue weighted by molar-refractivity contribution is -0.106. The molecule has 0 aromatic rings. The van der Waals surface area contributed by atoms with Crippen LogP contribution in [0.1, 0.15) is 71.1 Å². The van der Waals surface area contributed by atoms with E-state index in [2.05, 4.69) is 11.8 Å². The van der Waals surface area contributed by atoms with E-state index in [4.69, 9.17) is 0 Å². The van der Waals surface area contributed by atoms with Crippen molar-refractivity contribution in [2.45, 2.75) is 82.8 Å². The molecule has 1 saturated heterocycles. The van der Waals surface area contributed by atoms with Crippen molar-refractivity contribution in [2.75, 3.05) is 13.1 Å². The molecule has 110 valence electrons. The fourth-order valence-electron chi connectivity index (χ4n) is 4.89. The molecule has 1 aliphatic heterocycles. The molecule has 1 heterocycles. The smallest absolute Gasteiger partial charge is 0.0700 e. The zero-order valence-electron chi connectivity index (χ0n) is 12.6. The normalized spacial score (nSPS) is 44.8. The molecule has 2 nitrogen and oxygen atoms in total. The van der Waals surface area contributed by atoms with Crippen molar-refractivity contribution in [3.8, 4) is 0 Å². The van der Waals surface area contributed by atoms with Gasteiger partial charge in [-0.15, -0.1) is 0 Å². The van der Waals surface area contributed by atoms with Crippen molar-refractivity contribution < 1.29 is 5.11 Å². The summed E-state index contributed by atoms with van der Waals surface area (Å²) in [5.74, 6) is 1.53. The van der Waals surface area contributed by atoms with E-state index in [-0.39, 0.29) is 5.60 Å². The standard InChI is InChI=1S/C17H31NO/c1-2-14-6-5-8-16(12-14)18-11-10-17(19)9-4-3-7-15(17)13-18/h14-16,19H,2-13H2,1H3. The zero-order valence-corrected chi connectivity index (χ0v) is 12.6. The Hall–Kier alpha value is -0.0800. The quantitative estimate of drug-likeness (QED) is 0.825. The number of nitrogens with zero attached hydrogens (tertiary/aromatic N) is 1. The monoisotopic (exact) mass is 265 g/mol. The predicted octanol–water partition coefficient (Wildman–Crippen LogP) is 3.58. The third-order valence-corrected chi connectivity index (χ3v) is 6.31. The number of piperidine rings is 1. The van der Waals surface area contributed by atoms with Gasteiger partial charge in [0.25, 0.3) is 0 Å². The maximum absolute atomic E-state index is 10.8.